The number of hydrogen-bond donors (Lipinski definition) is 3. The van der Waals surface area contributed by atoms with Gasteiger partial charge in [-0.05, 0) is 19.1 Å². The first-order valence-electron chi connectivity index (χ1n) is 9.10. The Labute approximate surface area is 164 Å². The van der Waals surface area contributed by atoms with Gasteiger partial charge in [0, 0.05) is 46.2 Å². The zero-order chi connectivity index (χ0) is 21.3. The second-order valence-electron chi connectivity index (χ2n) is 7.21. The molecule has 1 aromatic heterocycles. The topological polar surface area (TPSA) is 118 Å². The highest BCUT2D eigenvalue weighted by molar-refractivity contribution is 5.82. The van der Waals surface area contributed by atoms with Crippen LogP contribution >= 0.6 is 0 Å². The van der Waals surface area contributed by atoms with Crippen molar-refractivity contribution < 1.29 is 18.3 Å². The second-order valence-corrected chi connectivity index (χ2v) is 7.21. The second kappa shape index (κ2) is 8.05. The summed E-state index contributed by atoms with van der Waals surface area (Å²) in [5, 5.41) is 14.8. The molecule has 1 amide bonds. The molecule has 3 rings (SSSR count). The van der Waals surface area contributed by atoms with E-state index in [2.05, 4.69) is 15.6 Å². The number of aromatic nitrogens is 1. The van der Waals surface area contributed by atoms with E-state index in [-0.39, 0.29) is 28.8 Å². The van der Waals surface area contributed by atoms with Crippen LogP contribution in [-0.4, -0.2) is 40.4 Å². The number of aromatic amines is 1. The lowest BCUT2D eigenvalue weighted by Crippen LogP contribution is -2.58. The molecule has 8 nitrogen and oxygen atoms in total. The number of H-pyrrole nitrogens is 1. The summed E-state index contributed by atoms with van der Waals surface area (Å²) in [5.74, 6) is -2.82. The Morgan fingerprint density at radius 1 is 1.38 bits per heavy atom. The van der Waals surface area contributed by atoms with Gasteiger partial charge in [0.25, 0.3) is 5.56 Å². The van der Waals surface area contributed by atoms with Gasteiger partial charge in [-0.1, -0.05) is 0 Å². The molecule has 29 heavy (non-hydrogen) atoms. The molecular formula is C19H20F2N5O3+. The average molecular weight is 404 g/mol. The first-order valence-corrected chi connectivity index (χ1v) is 9.10. The number of carbonyl (C=O) groups is 1. The average Bonchev–Trinajstić information content (AvgIpc) is 2.66. The number of pyridine rings is 1. The summed E-state index contributed by atoms with van der Waals surface area (Å²) in [4.78, 5) is 39.1. The first kappa shape index (κ1) is 20.5. The van der Waals surface area contributed by atoms with E-state index >= 15 is 0 Å². The predicted octanol–water partition coefficient (Wildman–Crippen LogP) is 1.09. The number of nitriles is 1. The van der Waals surface area contributed by atoms with Gasteiger partial charge in [0.2, 0.25) is 11.9 Å². The Balaban J connectivity index is 1.71. The summed E-state index contributed by atoms with van der Waals surface area (Å²) in [6.45, 7) is 3.80. The van der Waals surface area contributed by atoms with E-state index in [0.29, 0.717) is 11.3 Å². The maximum atomic E-state index is 13.4. The van der Waals surface area contributed by atoms with Crippen molar-refractivity contribution in [2.75, 3.05) is 6.54 Å². The normalized spacial score (nSPS) is 22.9. The van der Waals surface area contributed by atoms with Gasteiger partial charge in [0.15, 0.2) is 17.7 Å². The molecule has 3 N–H and O–H groups in total. The number of halogens is 2. The molecule has 1 aliphatic heterocycles. The highest BCUT2D eigenvalue weighted by Gasteiger charge is 2.44. The number of nitrogens with zero attached hydrogens (tertiary/aromatic N) is 2. The van der Waals surface area contributed by atoms with E-state index in [9.17, 15) is 23.3 Å². The van der Waals surface area contributed by atoms with Crippen molar-refractivity contribution in [1.82, 2.24) is 15.6 Å². The molecule has 1 saturated heterocycles. The number of amides is 1. The number of nitrogens with one attached hydrogen (secondary N) is 3. The zero-order valence-electron chi connectivity index (χ0n) is 15.8. The van der Waals surface area contributed by atoms with Gasteiger partial charge in [0.05, 0.1) is 17.9 Å². The van der Waals surface area contributed by atoms with Crippen molar-refractivity contribution in [3.05, 3.63) is 50.7 Å². The fraction of sp³-hybridized carbons (Fsp3) is 0.421. The minimum Gasteiger partial charge on any atom is -0.353 e. The third-order valence-electron chi connectivity index (χ3n) is 5.29. The minimum absolute atomic E-state index is 0.109. The van der Waals surface area contributed by atoms with Crippen LogP contribution in [0.25, 0.3) is 10.9 Å². The standard InChI is InChI=1S/C19H19F2N5O3/c1-9(13-8-23-17(7-22)26(29)10(13)2)24-18(27)5-12-3-11-4-14(20)15(21)6-16(11)25-19(12)28/h3-4,6,9-10,13,17,23H,5,8H2,1-2H3,(H-,24,25,27,28)/p+1/t9-,10?,13?,17?/m0/s1. The minimum atomic E-state index is -1.08. The fourth-order valence-electron chi connectivity index (χ4n) is 3.59. The smallest absolute Gasteiger partial charge is 0.341 e. The van der Waals surface area contributed by atoms with Crippen LogP contribution in [0.3, 0.4) is 0 Å². The van der Waals surface area contributed by atoms with Crippen molar-refractivity contribution in [1.29, 1.82) is 5.26 Å². The Kier molecular flexibility index (Phi) is 5.70. The third-order valence-corrected chi connectivity index (χ3v) is 5.29. The van der Waals surface area contributed by atoms with Crippen molar-refractivity contribution in [3.8, 4) is 6.07 Å². The number of benzene rings is 1. The van der Waals surface area contributed by atoms with Crippen LogP contribution in [-0.2, 0) is 11.2 Å². The van der Waals surface area contributed by atoms with Crippen molar-refractivity contribution >= 4 is 16.8 Å². The van der Waals surface area contributed by atoms with Crippen LogP contribution in [0.15, 0.2) is 23.0 Å². The Hall–Kier alpha value is -3.19. The SMILES string of the molecule is CC1C([C@H](C)NC(=O)Cc2cc3cc(F)c(F)cc3[nH]c2=O)CNC(C#N)[N+]1=O. The summed E-state index contributed by atoms with van der Waals surface area (Å²) >= 11 is 0. The van der Waals surface area contributed by atoms with Gasteiger partial charge in [0.1, 0.15) is 0 Å². The molecule has 0 saturated carbocycles. The molecule has 1 fully saturated rings. The number of fused-ring (bicyclic) bond motifs is 1. The molecule has 2 aromatic rings. The van der Waals surface area contributed by atoms with Crippen LogP contribution in [0.5, 0.6) is 0 Å². The largest absolute Gasteiger partial charge is 0.353 e. The molecule has 3 unspecified atom stereocenters. The predicted molar refractivity (Wildman–Crippen MR) is 99.8 cm³/mol. The monoisotopic (exact) mass is 404 g/mol. The van der Waals surface area contributed by atoms with Gasteiger partial charge in [-0.25, -0.2) is 14.1 Å². The first-order chi connectivity index (χ1) is 13.7. The Bertz CT molecular complexity index is 1080. The molecule has 152 valence electrons. The molecule has 10 heteroatoms. The van der Waals surface area contributed by atoms with Crippen LogP contribution in [0.2, 0.25) is 0 Å². The Morgan fingerprint density at radius 2 is 2.07 bits per heavy atom. The molecule has 0 spiro atoms. The molecule has 1 aromatic carbocycles. The summed E-state index contributed by atoms with van der Waals surface area (Å²) < 4.78 is 27.4. The highest BCUT2D eigenvalue weighted by atomic mass is 19.2. The van der Waals surface area contributed by atoms with E-state index in [1.165, 1.54) is 6.07 Å². The molecule has 1 aliphatic rings. The van der Waals surface area contributed by atoms with Gasteiger partial charge in [-0.15, -0.1) is 0 Å². The van der Waals surface area contributed by atoms with Crippen LogP contribution < -0.4 is 16.2 Å². The van der Waals surface area contributed by atoms with Crippen molar-refractivity contribution in [2.24, 2.45) is 5.92 Å². The van der Waals surface area contributed by atoms with E-state index in [4.69, 9.17) is 5.26 Å². The lowest BCUT2D eigenvalue weighted by molar-refractivity contribution is -0.627. The number of rotatable bonds is 4. The molecule has 0 bridgehead atoms. The number of hydrogen-bond acceptors (Lipinski definition) is 5. The summed E-state index contributed by atoms with van der Waals surface area (Å²) in [7, 11) is 0. The summed E-state index contributed by atoms with van der Waals surface area (Å²) in [6.07, 6.45) is -1.18. The lowest BCUT2D eigenvalue weighted by Gasteiger charge is -2.30. The van der Waals surface area contributed by atoms with Crippen LogP contribution in [0, 0.1) is 33.8 Å². The zero-order valence-corrected chi connectivity index (χ0v) is 15.8. The van der Waals surface area contributed by atoms with E-state index < -0.39 is 41.4 Å². The maximum absolute atomic E-state index is 13.4. The van der Waals surface area contributed by atoms with E-state index in [0.717, 1.165) is 12.1 Å². The van der Waals surface area contributed by atoms with E-state index in [1.54, 1.807) is 13.8 Å². The van der Waals surface area contributed by atoms with Crippen molar-refractivity contribution in [3.63, 3.8) is 0 Å². The fourth-order valence-corrected chi connectivity index (χ4v) is 3.59. The van der Waals surface area contributed by atoms with Crippen LogP contribution in [0.4, 0.5) is 8.78 Å². The summed E-state index contributed by atoms with van der Waals surface area (Å²) in [5.41, 5.74) is -0.323. The molecular weight excluding hydrogens is 384 g/mol. The quantitative estimate of drug-likeness (QED) is 0.660. The molecule has 4 atom stereocenters. The number of nitroso groups, excluding NO2 is 1. The van der Waals surface area contributed by atoms with E-state index in [1.807, 2.05) is 6.07 Å². The Morgan fingerprint density at radius 3 is 2.76 bits per heavy atom. The summed E-state index contributed by atoms with van der Waals surface area (Å²) in [6, 6.07) is 4.18. The molecule has 2 heterocycles. The van der Waals surface area contributed by atoms with Crippen molar-refractivity contribution in [2.45, 2.75) is 38.5 Å². The number of carbonyl (C=O) groups excluding carboxylic acids is 1. The molecule has 0 radical (unpaired) electrons. The third kappa shape index (κ3) is 4.14. The van der Waals surface area contributed by atoms with Crippen LogP contribution in [0.1, 0.15) is 19.4 Å². The van der Waals surface area contributed by atoms with Gasteiger partial charge >= 0.3 is 6.17 Å². The van der Waals surface area contributed by atoms with Gasteiger partial charge < -0.3 is 10.3 Å². The highest BCUT2D eigenvalue weighted by Crippen LogP contribution is 2.18. The lowest BCUT2D eigenvalue weighted by atomic mass is 9.91. The maximum Gasteiger partial charge on any atom is 0.341 e. The van der Waals surface area contributed by atoms with Gasteiger partial charge in [-0.2, -0.15) is 5.26 Å². The molecule has 0 aliphatic carbocycles. The van der Waals surface area contributed by atoms with Gasteiger partial charge in [-0.3, -0.25) is 9.59 Å².